The molecule has 188 valence electrons. The largest absolute Gasteiger partial charge is 0.496 e. The Labute approximate surface area is 212 Å². The molecule has 1 aromatic carbocycles. The fraction of sp³-hybridized carbons (Fsp3) is 0.280. The van der Waals surface area contributed by atoms with E-state index < -0.39 is 12.0 Å². The lowest BCUT2D eigenvalue weighted by Gasteiger charge is -2.13. The van der Waals surface area contributed by atoms with Crippen molar-refractivity contribution in [3.8, 4) is 22.6 Å². The average molecular weight is 511 g/mol. The molecule has 0 saturated carbocycles. The molecule has 3 heterocycles. The highest BCUT2D eigenvalue weighted by Gasteiger charge is 2.19. The molecule has 4 rings (SSSR count). The Balaban J connectivity index is 1.68. The molecule has 10 nitrogen and oxygen atoms in total. The van der Waals surface area contributed by atoms with Crippen LogP contribution in [0.25, 0.3) is 22.2 Å². The molecule has 0 saturated heterocycles. The summed E-state index contributed by atoms with van der Waals surface area (Å²) >= 11 is 6.52. The van der Waals surface area contributed by atoms with Crippen LogP contribution in [0.2, 0.25) is 5.15 Å². The topological polar surface area (TPSA) is 151 Å². The minimum absolute atomic E-state index is 0.0767. The lowest BCUT2D eigenvalue weighted by atomic mass is 10.1. The maximum absolute atomic E-state index is 10.9. The van der Waals surface area contributed by atoms with E-state index in [0.717, 1.165) is 33.7 Å². The Bertz CT molecular complexity index is 1420. The molecular formula is C25H27ClN6O4. The molecule has 0 radical (unpaired) electrons. The first kappa shape index (κ1) is 25.2. The van der Waals surface area contributed by atoms with Crippen LogP contribution in [0.5, 0.6) is 11.5 Å². The Morgan fingerprint density at radius 2 is 1.94 bits per heavy atom. The number of hydrogen-bond donors (Lipinski definition) is 3. The van der Waals surface area contributed by atoms with Crippen LogP contribution in [-0.2, 0) is 11.3 Å². The summed E-state index contributed by atoms with van der Waals surface area (Å²) in [5, 5.41) is 9.82. The maximum atomic E-state index is 10.9. The van der Waals surface area contributed by atoms with Crippen molar-refractivity contribution in [1.82, 2.24) is 19.5 Å². The van der Waals surface area contributed by atoms with E-state index in [0.29, 0.717) is 23.3 Å². The lowest BCUT2D eigenvalue weighted by molar-refractivity contribution is -0.138. The number of benzene rings is 1. The molecule has 36 heavy (non-hydrogen) atoms. The average Bonchev–Trinajstić information content (AvgIpc) is 3.20. The second-order valence-corrected chi connectivity index (χ2v) is 8.75. The van der Waals surface area contributed by atoms with Crippen molar-refractivity contribution < 1.29 is 19.4 Å². The highest BCUT2D eigenvalue weighted by atomic mass is 35.5. The second kappa shape index (κ2) is 10.4. The summed E-state index contributed by atoms with van der Waals surface area (Å²) in [5.74, 6) is 0.412. The van der Waals surface area contributed by atoms with E-state index in [9.17, 15) is 4.79 Å². The van der Waals surface area contributed by atoms with Gasteiger partial charge in [0, 0.05) is 35.5 Å². The SMILES string of the molecule is COc1c(C)cnc(Cn2cc(-c3ccc(OCC[C@H](N)C(=O)O)cc3)c3c(Cl)nc(N)nc32)c1C. The van der Waals surface area contributed by atoms with Crippen LogP contribution in [0, 0.1) is 13.8 Å². The molecule has 0 aliphatic carbocycles. The van der Waals surface area contributed by atoms with Crippen molar-refractivity contribution >= 4 is 34.6 Å². The Morgan fingerprint density at radius 1 is 1.22 bits per heavy atom. The number of hydrogen-bond acceptors (Lipinski definition) is 8. The molecule has 0 aliphatic rings. The van der Waals surface area contributed by atoms with Crippen LogP contribution in [-0.4, -0.2) is 50.4 Å². The monoisotopic (exact) mass is 510 g/mol. The lowest BCUT2D eigenvalue weighted by Crippen LogP contribution is -2.31. The van der Waals surface area contributed by atoms with Gasteiger partial charge in [0.1, 0.15) is 28.3 Å². The normalized spacial score (nSPS) is 12.0. The maximum Gasteiger partial charge on any atom is 0.320 e. The van der Waals surface area contributed by atoms with Crippen LogP contribution in [0.15, 0.2) is 36.7 Å². The van der Waals surface area contributed by atoms with Gasteiger partial charge in [0.15, 0.2) is 0 Å². The molecule has 0 spiro atoms. The van der Waals surface area contributed by atoms with E-state index in [1.807, 2.05) is 36.7 Å². The van der Waals surface area contributed by atoms with Gasteiger partial charge in [-0.3, -0.25) is 9.78 Å². The third-order valence-electron chi connectivity index (χ3n) is 5.94. The highest BCUT2D eigenvalue weighted by molar-refractivity contribution is 6.35. The zero-order chi connectivity index (χ0) is 26.0. The predicted octanol–water partition coefficient (Wildman–Crippen LogP) is 3.58. The minimum Gasteiger partial charge on any atom is -0.496 e. The number of aryl methyl sites for hydroxylation is 1. The number of pyridine rings is 1. The molecule has 11 heteroatoms. The van der Waals surface area contributed by atoms with Crippen LogP contribution < -0.4 is 20.9 Å². The summed E-state index contributed by atoms with van der Waals surface area (Å²) in [6.07, 6.45) is 3.93. The molecule has 1 atom stereocenters. The zero-order valence-corrected chi connectivity index (χ0v) is 20.9. The van der Waals surface area contributed by atoms with Gasteiger partial charge in [-0.05, 0) is 31.5 Å². The first-order valence-corrected chi connectivity index (χ1v) is 11.6. The smallest absolute Gasteiger partial charge is 0.320 e. The number of aliphatic carboxylic acids is 1. The third kappa shape index (κ3) is 5.05. The van der Waals surface area contributed by atoms with Gasteiger partial charge in [-0.2, -0.15) is 4.98 Å². The fourth-order valence-electron chi connectivity index (χ4n) is 4.05. The molecule has 0 aliphatic heterocycles. The van der Waals surface area contributed by atoms with Gasteiger partial charge in [-0.15, -0.1) is 0 Å². The predicted molar refractivity (Wildman–Crippen MR) is 137 cm³/mol. The van der Waals surface area contributed by atoms with Crippen molar-refractivity contribution in [3.63, 3.8) is 0 Å². The summed E-state index contributed by atoms with van der Waals surface area (Å²) in [5.41, 5.74) is 16.5. The number of anilines is 1. The van der Waals surface area contributed by atoms with Gasteiger partial charge >= 0.3 is 5.97 Å². The summed E-state index contributed by atoms with van der Waals surface area (Å²) in [6, 6.07) is 6.41. The van der Waals surface area contributed by atoms with Crippen LogP contribution in [0.3, 0.4) is 0 Å². The summed E-state index contributed by atoms with van der Waals surface area (Å²) in [6.45, 7) is 4.54. The van der Waals surface area contributed by atoms with Gasteiger partial charge in [-0.25, -0.2) is 4.98 Å². The Kier molecular flexibility index (Phi) is 7.27. The van der Waals surface area contributed by atoms with Crippen molar-refractivity contribution in [2.45, 2.75) is 32.9 Å². The number of nitrogen functional groups attached to an aromatic ring is 1. The molecule has 4 aromatic rings. The number of carboxylic acid groups (broad SMARTS) is 1. The van der Waals surface area contributed by atoms with Crippen LogP contribution in [0.4, 0.5) is 5.95 Å². The van der Waals surface area contributed by atoms with Crippen LogP contribution in [0.1, 0.15) is 23.2 Å². The van der Waals surface area contributed by atoms with Gasteiger partial charge in [0.2, 0.25) is 5.95 Å². The number of rotatable bonds is 9. The number of methoxy groups -OCH3 is 1. The fourth-order valence-corrected chi connectivity index (χ4v) is 4.32. The molecule has 0 fully saturated rings. The highest BCUT2D eigenvalue weighted by Crippen LogP contribution is 2.36. The van der Waals surface area contributed by atoms with E-state index in [1.54, 1.807) is 25.4 Å². The van der Waals surface area contributed by atoms with E-state index in [4.69, 9.17) is 37.6 Å². The van der Waals surface area contributed by atoms with E-state index in [1.165, 1.54) is 0 Å². The number of fused-ring (bicyclic) bond motifs is 1. The molecular weight excluding hydrogens is 484 g/mol. The molecule has 0 unspecified atom stereocenters. The van der Waals surface area contributed by atoms with Gasteiger partial charge < -0.3 is 30.6 Å². The minimum atomic E-state index is -1.06. The number of nitrogens with two attached hydrogens (primary N) is 2. The summed E-state index contributed by atoms with van der Waals surface area (Å²) in [7, 11) is 1.64. The second-order valence-electron chi connectivity index (χ2n) is 8.39. The number of ether oxygens (including phenoxy) is 2. The number of nitrogens with zero attached hydrogens (tertiary/aromatic N) is 4. The first-order chi connectivity index (χ1) is 17.2. The third-order valence-corrected chi connectivity index (χ3v) is 6.21. The van der Waals surface area contributed by atoms with Gasteiger partial charge in [0.25, 0.3) is 0 Å². The summed E-state index contributed by atoms with van der Waals surface area (Å²) < 4.78 is 13.1. The quantitative estimate of drug-likeness (QED) is 0.287. The van der Waals surface area contributed by atoms with Crippen LogP contribution >= 0.6 is 11.6 Å². The number of halogens is 1. The Hall–Kier alpha value is -3.89. The molecule has 5 N–H and O–H groups in total. The van der Waals surface area contributed by atoms with Crippen molar-refractivity contribution in [3.05, 3.63) is 58.6 Å². The molecule has 3 aromatic heterocycles. The van der Waals surface area contributed by atoms with Crippen molar-refractivity contribution in [2.24, 2.45) is 5.73 Å². The number of carbonyl (C=O) groups is 1. The molecule has 0 bridgehead atoms. The van der Waals surface area contributed by atoms with Crippen molar-refractivity contribution in [2.75, 3.05) is 19.5 Å². The standard InChI is InChI=1S/C25H27ClN6O4/c1-13-10-29-19(14(2)21(13)35-3)12-32-11-17(20-22(26)30-25(28)31-23(20)32)15-4-6-16(7-5-15)36-9-8-18(27)24(33)34/h4-7,10-11,18H,8-9,12,27H2,1-3H3,(H,33,34)(H2,28,30,31)/t18-/m0/s1. The van der Waals surface area contributed by atoms with E-state index >= 15 is 0 Å². The number of aromatic nitrogens is 4. The van der Waals surface area contributed by atoms with Gasteiger partial charge in [-0.1, -0.05) is 23.7 Å². The van der Waals surface area contributed by atoms with E-state index in [-0.39, 0.29) is 24.1 Å². The van der Waals surface area contributed by atoms with Gasteiger partial charge in [0.05, 0.1) is 31.3 Å². The van der Waals surface area contributed by atoms with E-state index in [2.05, 4.69) is 15.0 Å². The van der Waals surface area contributed by atoms with Crippen molar-refractivity contribution in [1.29, 1.82) is 0 Å². The summed E-state index contributed by atoms with van der Waals surface area (Å²) in [4.78, 5) is 24.1. The number of carboxylic acids is 1. The molecule has 0 amide bonds. The zero-order valence-electron chi connectivity index (χ0n) is 20.2. The first-order valence-electron chi connectivity index (χ1n) is 11.2. The Morgan fingerprint density at radius 3 is 2.61 bits per heavy atom.